The van der Waals surface area contributed by atoms with E-state index >= 15 is 0 Å². The van der Waals surface area contributed by atoms with Gasteiger partial charge in [0.15, 0.2) is 0 Å². The molecule has 1 unspecified atom stereocenters. The summed E-state index contributed by atoms with van der Waals surface area (Å²) in [4.78, 5) is 24.2. The predicted octanol–water partition coefficient (Wildman–Crippen LogP) is 4.07. The quantitative estimate of drug-likeness (QED) is 0.852. The Bertz CT molecular complexity index is 866. The fourth-order valence-corrected chi connectivity index (χ4v) is 4.63. The van der Waals surface area contributed by atoms with Crippen LogP contribution in [0.3, 0.4) is 0 Å². The average Bonchev–Trinajstić information content (AvgIpc) is 2.72. The first kappa shape index (κ1) is 19.9. The van der Waals surface area contributed by atoms with E-state index in [1.54, 1.807) is 0 Å². The maximum atomic E-state index is 12.9. The number of nitrogens with one attached hydrogen (secondary N) is 1. The summed E-state index contributed by atoms with van der Waals surface area (Å²) >= 11 is 0. The number of aryl methyl sites for hydroxylation is 4. The van der Waals surface area contributed by atoms with Crippen molar-refractivity contribution in [3.05, 3.63) is 52.3 Å². The fourth-order valence-electron chi connectivity index (χ4n) is 4.63. The molecule has 0 bridgehead atoms. The zero-order valence-electron chi connectivity index (χ0n) is 17.9. The number of piperidine rings is 1. The van der Waals surface area contributed by atoms with Gasteiger partial charge in [0.25, 0.3) is 0 Å². The van der Waals surface area contributed by atoms with Crippen molar-refractivity contribution in [2.75, 3.05) is 18.0 Å². The molecule has 2 aliphatic rings. The molecule has 154 valence electrons. The average molecular weight is 393 g/mol. The maximum Gasteiger partial charge on any atom is 0.225 e. The van der Waals surface area contributed by atoms with E-state index in [0.29, 0.717) is 0 Å². The van der Waals surface area contributed by atoms with Gasteiger partial charge in [-0.2, -0.15) is 0 Å². The molecule has 2 heterocycles. The molecule has 4 rings (SSSR count). The van der Waals surface area contributed by atoms with Crippen LogP contribution in [-0.2, 0) is 17.6 Å². The lowest BCUT2D eigenvalue weighted by atomic mass is 9.89. The highest BCUT2D eigenvalue weighted by Crippen LogP contribution is 2.26. The van der Waals surface area contributed by atoms with Gasteiger partial charge in [-0.3, -0.25) is 4.79 Å². The molecular weight excluding hydrogens is 360 g/mol. The van der Waals surface area contributed by atoms with E-state index in [1.165, 1.54) is 42.4 Å². The maximum absolute atomic E-state index is 12.9. The van der Waals surface area contributed by atoms with Crippen molar-refractivity contribution in [2.24, 2.45) is 5.92 Å². The molecule has 2 aromatic rings. The van der Waals surface area contributed by atoms with Gasteiger partial charge >= 0.3 is 0 Å². The monoisotopic (exact) mass is 392 g/mol. The molecule has 29 heavy (non-hydrogen) atoms. The summed E-state index contributed by atoms with van der Waals surface area (Å²) in [6.07, 6.45) is 6.63. The number of aromatic nitrogens is 2. The zero-order chi connectivity index (χ0) is 20.4. The Kier molecular flexibility index (Phi) is 5.84. The van der Waals surface area contributed by atoms with E-state index in [9.17, 15) is 4.79 Å². The van der Waals surface area contributed by atoms with Crippen LogP contribution in [0.4, 0.5) is 5.95 Å². The summed E-state index contributed by atoms with van der Waals surface area (Å²) in [6, 6.07) is 8.80. The molecule has 0 radical (unpaired) electrons. The minimum atomic E-state index is 0.0514. The van der Waals surface area contributed by atoms with Gasteiger partial charge in [-0.05, 0) is 82.1 Å². The summed E-state index contributed by atoms with van der Waals surface area (Å²) in [6.45, 7) is 7.75. The lowest BCUT2D eigenvalue weighted by Crippen LogP contribution is -2.41. The highest BCUT2D eigenvalue weighted by atomic mass is 16.1. The normalized spacial score (nSPS) is 18.2. The second-order valence-electron chi connectivity index (χ2n) is 8.68. The minimum Gasteiger partial charge on any atom is -0.349 e. The van der Waals surface area contributed by atoms with Crippen molar-refractivity contribution in [2.45, 2.75) is 65.3 Å². The molecule has 5 nitrogen and oxygen atoms in total. The molecule has 1 aromatic heterocycles. The number of fused-ring (bicyclic) bond motifs is 1. The number of hydrogen-bond acceptors (Lipinski definition) is 4. The number of carbonyl (C=O) groups is 1. The van der Waals surface area contributed by atoms with Crippen LogP contribution in [0.25, 0.3) is 0 Å². The first-order valence-corrected chi connectivity index (χ1v) is 11.0. The molecule has 0 saturated carbocycles. The third-order valence-electron chi connectivity index (χ3n) is 6.35. The van der Waals surface area contributed by atoms with E-state index in [2.05, 4.69) is 45.3 Å². The molecule has 1 N–H and O–H groups in total. The van der Waals surface area contributed by atoms with Crippen LogP contribution >= 0.6 is 0 Å². The van der Waals surface area contributed by atoms with Crippen LogP contribution in [0.1, 0.15) is 66.7 Å². The van der Waals surface area contributed by atoms with Crippen molar-refractivity contribution >= 4 is 11.9 Å². The first-order chi connectivity index (χ1) is 14.0. The Hall–Kier alpha value is -2.43. The van der Waals surface area contributed by atoms with Gasteiger partial charge in [0, 0.05) is 30.4 Å². The van der Waals surface area contributed by atoms with E-state index in [1.807, 2.05) is 19.9 Å². The molecule has 1 amide bonds. The van der Waals surface area contributed by atoms with Gasteiger partial charge in [0.1, 0.15) is 0 Å². The number of benzene rings is 1. The summed E-state index contributed by atoms with van der Waals surface area (Å²) in [5.74, 6) is 1.04. The highest BCUT2D eigenvalue weighted by Gasteiger charge is 2.27. The third-order valence-corrected chi connectivity index (χ3v) is 6.35. The molecule has 1 saturated heterocycles. The first-order valence-electron chi connectivity index (χ1n) is 11.0. The number of nitrogens with zero attached hydrogens (tertiary/aromatic N) is 3. The Morgan fingerprint density at radius 1 is 1.03 bits per heavy atom. The van der Waals surface area contributed by atoms with Gasteiger partial charge in [0.05, 0.1) is 6.04 Å². The number of hydrogen-bond donors (Lipinski definition) is 1. The molecule has 5 heteroatoms. The second kappa shape index (κ2) is 8.52. The zero-order valence-corrected chi connectivity index (χ0v) is 17.9. The third kappa shape index (κ3) is 4.60. The van der Waals surface area contributed by atoms with E-state index in [4.69, 9.17) is 0 Å². The standard InChI is InChI=1S/C24H32N4O/c1-16-14-17(2)26-24(25-16)28-12-10-20(11-13-28)23(29)27-18(3)21-9-8-19-6-4-5-7-22(19)15-21/h8-9,14-15,18,20H,4-7,10-13H2,1-3H3,(H,27,29). The number of anilines is 1. The van der Waals surface area contributed by atoms with Crippen molar-refractivity contribution in [3.8, 4) is 0 Å². The predicted molar refractivity (Wildman–Crippen MR) is 116 cm³/mol. The number of carbonyl (C=O) groups excluding carboxylic acids is 1. The summed E-state index contributed by atoms with van der Waals surface area (Å²) in [5, 5.41) is 3.26. The van der Waals surface area contributed by atoms with Crippen molar-refractivity contribution < 1.29 is 4.79 Å². The second-order valence-corrected chi connectivity index (χ2v) is 8.68. The van der Waals surface area contributed by atoms with Crippen molar-refractivity contribution in [1.82, 2.24) is 15.3 Å². The molecule has 1 aromatic carbocycles. The van der Waals surface area contributed by atoms with Gasteiger partial charge in [-0.1, -0.05) is 18.2 Å². The van der Waals surface area contributed by atoms with Gasteiger partial charge in [-0.25, -0.2) is 9.97 Å². The number of amides is 1. The van der Waals surface area contributed by atoms with Gasteiger partial charge in [0.2, 0.25) is 11.9 Å². The van der Waals surface area contributed by atoms with E-state index in [-0.39, 0.29) is 17.9 Å². The van der Waals surface area contributed by atoms with Gasteiger partial charge in [-0.15, -0.1) is 0 Å². The fraction of sp³-hybridized carbons (Fsp3) is 0.542. The highest BCUT2D eigenvalue weighted by molar-refractivity contribution is 5.79. The van der Waals surface area contributed by atoms with Crippen LogP contribution in [0.2, 0.25) is 0 Å². The summed E-state index contributed by atoms with van der Waals surface area (Å²) in [7, 11) is 0. The Morgan fingerprint density at radius 3 is 2.38 bits per heavy atom. The summed E-state index contributed by atoms with van der Waals surface area (Å²) in [5.41, 5.74) is 6.16. The van der Waals surface area contributed by atoms with Crippen LogP contribution < -0.4 is 10.2 Å². The van der Waals surface area contributed by atoms with E-state index < -0.39 is 0 Å². The Balaban J connectivity index is 1.34. The number of rotatable bonds is 4. The lowest BCUT2D eigenvalue weighted by Gasteiger charge is -2.32. The lowest BCUT2D eigenvalue weighted by molar-refractivity contribution is -0.126. The van der Waals surface area contributed by atoms with Crippen molar-refractivity contribution in [1.29, 1.82) is 0 Å². The Labute approximate surface area is 173 Å². The molecule has 1 fully saturated rings. The molecular formula is C24H32N4O. The smallest absolute Gasteiger partial charge is 0.225 e. The molecule has 1 aliphatic carbocycles. The van der Waals surface area contributed by atoms with Crippen LogP contribution in [-0.4, -0.2) is 29.0 Å². The molecule has 1 aliphatic heterocycles. The van der Waals surface area contributed by atoms with Gasteiger partial charge < -0.3 is 10.2 Å². The van der Waals surface area contributed by atoms with E-state index in [0.717, 1.165) is 43.3 Å². The topological polar surface area (TPSA) is 58.1 Å². The van der Waals surface area contributed by atoms with Crippen molar-refractivity contribution in [3.63, 3.8) is 0 Å². The van der Waals surface area contributed by atoms with Crippen LogP contribution in [0.5, 0.6) is 0 Å². The SMILES string of the molecule is Cc1cc(C)nc(N2CCC(C(=O)NC(C)c3ccc4c(c3)CCCC4)CC2)n1. The Morgan fingerprint density at radius 2 is 1.69 bits per heavy atom. The summed E-state index contributed by atoms with van der Waals surface area (Å²) < 4.78 is 0. The van der Waals surface area contributed by atoms with Crippen LogP contribution in [0, 0.1) is 19.8 Å². The molecule has 0 spiro atoms. The molecule has 1 atom stereocenters. The largest absolute Gasteiger partial charge is 0.349 e. The van der Waals surface area contributed by atoms with Crippen LogP contribution in [0.15, 0.2) is 24.3 Å². The minimum absolute atomic E-state index is 0.0514.